The van der Waals surface area contributed by atoms with Crippen LogP contribution in [0.25, 0.3) is 0 Å². The monoisotopic (exact) mass is 308 g/mol. The van der Waals surface area contributed by atoms with E-state index in [9.17, 15) is 22.8 Å². The van der Waals surface area contributed by atoms with E-state index in [2.05, 4.69) is 15.0 Å². The third kappa shape index (κ3) is 3.92. The van der Waals surface area contributed by atoms with Crippen LogP contribution < -0.4 is 0 Å². The van der Waals surface area contributed by atoms with E-state index in [-0.39, 0.29) is 6.61 Å². The van der Waals surface area contributed by atoms with Crippen LogP contribution in [-0.4, -0.2) is 52.0 Å². The van der Waals surface area contributed by atoms with Gasteiger partial charge in [0.15, 0.2) is 5.69 Å². The Balaban J connectivity index is 3.16. The zero-order valence-electron chi connectivity index (χ0n) is 11.8. The van der Waals surface area contributed by atoms with Gasteiger partial charge in [-0.05, 0) is 13.8 Å². The molecule has 0 aliphatic rings. The van der Waals surface area contributed by atoms with Crippen molar-refractivity contribution in [2.24, 2.45) is 0 Å². The molecule has 1 aromatic heterocycles. The number of rotatable bonds is 5. The third-order valence-corrected chi connectivity index (χ3v) is 2.66. The molecule has 7 nitrogen and oxygen atoms in total. The summed E-state index contributed by atoms with van der Waals surface area (Å²) in [5.41, 5.74) is -2.34. The number of aromatic nitrogens is 3. The fourth-order valence-corrected chi connectivity index (χ4v) is 1.47. The van der Waals surface area contributed by atoms with Crippen molar-refractivity contribution in [1.29, 1.82) is 0 Å². The summed E-state index contributed by atoms with van der Waals surface area (Å²) in [5.74, 6) is -1.81. The van der Waals surface area contributed by atoms with Crippen molar-refractivity contribution < 1.29 is 27.5 Å². The summed E-state index contributed by atoms with van der Waals surface area (Å²) in [5, 5.41) is 6.43. The second kappa shape index (κ2) is 6.55. The number of nitrogens with zero attached hydrogens (tertiary/aromatic N) is 4. The predicted octanol–water partition coefficient (Wildman–Crippen LogP) is 0.952. The summed E-state index contributed by atoms with van der Waals surface area (Å²) >= 11 is 0. The number of alkyl halides is 3. The van der Waals surface area contributed by atoms with Gasteiger partial charge in [0.25, 0.3) is 0 Å². The minimum Gasteiger partial charge on any atom is -0.461 e. The Bertz CT molecular complexity index is 527. The van der Waals surface area contributed by atoms with E-state index in [4.69, 9.17) is 0 Å². The smallest absolute Gasteiger partial charge is 0.435 e. The van der Waals surface area contributed by atoms with Gasteiger partial charge in [0.05, 0.1) is 6.61 Å². The highest BCUT2D eigenvalue weighted by molar-refractivity contribution is 5.88. The van der Waals surface area contributed by atoms with Crippen LogP contribution in [0.15, 0.2) is 0 Å². The fourth-order valence-electron chi connectivity index (χ4n) is 1.47. The molecule has 0 spiro atoms. The molecule has 21 heavy (non-hydrogen) atoms. The average molecular weight is 308 g/mol. The molecular weight excluding hydrogens is 293 g/mol. The second-order valence-corrected chi connectivity index (χ2v) is 4.07. The Morgan fingerprint density at radius 1 is 1.33 bits per heavy atom. The van der Waals surface area contributed by atoms with Crippen LogP contribution in [0.5, 0.6) is 0 Å². The molecule has 0 atom stereocenters. The molecule has 0 aliphatic heterocycles. The van der Waals surface area contributed by atoms with E-state index in [0.29, 0.717) is 11.2 Å². The summed E-state index contributed by atoms with van der Waals surface area (Å²) in [6.07, 6.45) is -4.88. The van der Waals surface area contributed by atoms with Crippen LogP contribution in [0, 0.1) is 0 Å². The van der Waals surface area contributed by atoms with Gasteiger partial charge >= 0.3 is 12.1 Å². The number of carbonyl (C=O) groups is 2. The number of halogens is 3. The summed E-state index contributed by atoms with van der Waals surface area (Å²) in [4.78, 5) is 24.4. The maximum atomic E-state index is 13.0. The summed E-state index contributed by atoms with van der Waals surface area (Å²) in [7, 11) is 1.44. The van der Waals surface area contributed by atoms with Crippen molar-refractivity contribution >= 4 is 11.9 Å². The van der Waals surface area contributed by atoms with E-state index >= 15 is 0 Å². The van der Waals surface area contributed by atoms with Gasteiger partial charge in [0.2, 0.25) is 11.6 Å². The van der Waals surface area contributed by atoms with Crippen LogP contribution in [0.4, 0.5) is 13.2 Å². The first-order chi connectivity index (χ1) is 9.72. The second-order valence-electron chi connectivity index (χ2n) is 4.07. The van der Waals surface area contributed by atoms with Crippen molar-refractivity contribution in [3.05, 3.63) is 11.4 Å². The Labute approximate surface area is 118 Å². The number of carbonyl (C=O) groups excluding carboxylic acids is 2. The highest BCUT2D eigenvalue weighted by Crippen LogP contribution is 2.31. The molecule has 1 heterocycles. The predicted molar refractivity (Wildman–Crippen MR) is 64.3 cm³/mol. The first kappa shape index (κ1) is 16.9. The van der Waals surface area contributed by atoms with Crippen LogP contribution in [0.3, 0.4) is 0 Å². The Morgan fingerprint density at radius 3 is 2.43 bits per heavy atom. The number of amides is 1. The zero-order chi connectivity index (χ0) is 16.2. The third-order valence-electron chi connectivity index (χ3n) is 2.66. The normalized spacial score (nSPS) is 11.3. The number of likely N-dealkylation sites (N-methyl/N-ethyl adjacent to an activating group) is 1. The molecule has 0 aromatic carbocycles. The van der Waals surface area contributed by atoms with E-state index in [0.717, 1.165) is 0 Å². The highest BCUT2D eigenvalue weighted by atomic mass is 19.4. The molecule has 1 aromatic rings. The van der Waals surface area contributed by atoms with Gasteiger partial charge in [-0.25, -0.2) is 9.48 Å². The summed E-state index contributed by atoms with van der Waals surface area (Å²) in [6, 6.07) is 0. The molecule has 118 valence electrons. The number of hydrogen-bond donors (Lipinski definition) is 0. The molecule has 0 fully saturated rings. The molecule has 0 N–H and O–H groups in total. The van der Waals surface area contributed by atoms with Gasteiger partial charge in [-0.2, -0.15) is 13.2 Å². The lowest BCUT2D eigenvalue weighted by molar-refractivity contribution is -0.146. The van der Waals surface area contributed by atoms with E-state index < -0.39 is 36.0 Å². The standard InChI is InChI=1S/C11H15F3N4O3/c1-4-17(3)7(19)6-18-9(11(12,13)14)8(15-16-18)10(20)21-5-2/h4-6H2,1-3H3. The molecular formula is C11H15F3N4O3. The lowest BCUT2D eigenvalue weighted by atomic mass is 10.3. The zero-order valence-corrected chi connectivity index (χ0v) is 11.8. The van der Waals surface area contributed by atoms with Gasteiger partial charge in [-0.15, -0.1) is 5.10 Å². The maximum Gasteiger partial charge on any atom is 0.435 e. The van der Waals surface area contributed by atoms with Crippen LogP contribution in [0.1, 0.15) is 30.0 Å². The summed E-state index contributed by atoms with van der Waals surface area (Å²) < 4.78 is 44.0. The summed E-state index contributed by atoms with van der Waals surface area (Å²) in [6.45, 7) is 2.70. The Kier molecular flexibility index (Phi) is 5.28. The van der Waals surface area contributed by atoms with Crippen LogP contribution >= 0.6 is 0 Å². The molecule has 0 saturated carbocycles. The fraction of sp³-hybridized carbons (Fsp3) is 0.636. The minimum absolute atomic E-state index is 0.0967. The first-order valence-electron chi connectivity index (χ1n) is 6.14. The minimum atomic E-state index is -4.88. The first-order valence-corrected chi connectivity index (χ1v) is 6.14. The molecule has 0 unspecified atom stereocenters. The number of hydrogen-bond acceptors (Lipinski definition) is 5. The lowest BCUT2D eigenvalue weighted by Crippen LogP contribution is -2.32. The van der Waals surface area contributed by atoms with Crippen molar-refractivity contribution in [2.45, 2.75) is 26.6 Å². The number of esters is 1. The van der Waals surface area contributed by atoms with Crippen molar-refractivity contribution in [3.63, 3.8) is 0 Å². The molecule has 10 heteroatoms. The molecule has 0 saturated heterocycles. The number of ether oxygens (including phenoxy) is 1. The quantitative estimate of drug-likeness (QED) is 0.757. The van der Waals surface area contributed by atoms with Gasteiger partial charge in [0, 0.05) is 13.6 Å². The van der Waals surface area contributed by atoms with E-state index in [1.807, 2.05) is 0 Å². The van der Waals surface area contributed by atoms with Gasteiger partial charge in [-0.3, -0.25) is 4.79 Å². The molecule has 0 bridgehead atoms. The van der Waals surface area contributed by atoms with Crippen molar-refractivity contribution in [3.8, 4) is 0 Å². The van der Waals surface area contributed by atoms with Crippen molar-refractivity contribution in [1.82, 2.24) is 19.9 Å². The average Bonchev–Trinajstić information content (AvgIpc) is 2.81. The van der Waals surface area contributed by atoms with E-state index in [1.54, 1.807) is 6.92 Å². The lowest BCUT2D eigenvalue weighted by Gasteiger charge is -2.15. The Morgan fingerprint density at radius 2 is 1.95 bits per heavy atom. The molecule has 1 amide bonds. The maximum absolute atomic E-state index is 13.0. The topological polar surface area (TPSA) is 77.3 Å². The molecule has 1 rings (SSSR count). The SMILES string of the molecule is CCOC(=O)c1nnn(CC(=O)N(C)CC)c1C(F)(F)F. The molecule has 0 radical (unpaired) electrons. The Hall–Kier alpha value is -2.13. The van der Waals surface area contributed by atoms with Crippen LogP contribution in [-0.2, 0) is 22.3 Å². The highest BCUT2D eigenvalue weighted by Gasteiger charge is 2.42. The van der Waals surface area contributed by atoms with Crippen molar-refractivity contribution in [2.75, 3.05) is 20.2 Å². The van der Waals surface area contributed by atoms with Crippen LogP contribution in [0.2, 0.25) is 0 Å². The largest absolute Gasteiger partial charge is 0.461 e. The molecule has 0 aliphatic carbocycles. The van der Waals surface area contributed by atoms with Gasteiger partial charge < -0.3 is 9.64 Å². The van der Waals surface area contributed by atoms with Gasteiger partial charge in [0.1, 0.15) is 6.54 Å². The van der Waals surface area contributed by atoms with Gasteiger partial charge in [-0.1, -0.05) is 5.21 Å². The van der Waals surface area contributed by atoms with E-state index in [1.165, 1.54) is 18.9 Å².